The molecular weight excluding hydrogens is 405 g/mol. The van der Waals surface area contributed by atoms with Gasteiger partial charge in [-0.2, -0.15) is 0 Å². The van der Waals surface area contributed by atoms with Gasteiger partial charge in [0.25, 0.3) is 5.91 Å². The number of methoxy groups -OCH3 is 1. The molecule has 24 heavy (non-hydrogen) atoms. The van der Waals surface area contributed by atoms with Crippen molar-refractivity contribution in [3.8, 4) is 5.75 Å². The molecule has 2 aromatic rings. The third-order valence-corrected chi connectivity index (χ3v) is 3.73. The van der Waals surface area contributed by atoms with E-state index in [0.717, 1.165) is 0 Å². The SMILES string of the molecule is COC(=O)c1cc(NC(=O)COc2ccc(Br)cc2F)ccc1Cl. The summed E-state index contributed by atoms with van der Waals surface area (Å²) in [5.41, 5.74) is 0.460. The Labute approximate surface area is 150 Å². The minimum absolute atomic E-state index is 0.0419. The topological polar surface area (TPSA) is 64.6 Å². The monoisotopic (exact) mass is 415 g/mol. The van der Waals surface area contributed by atoms with Gasteiger partial charge in [0.15, 0.2) is 18.2 Å². The zero-order chi connectivity index (χ0) is 17.7. The zero-order valence-electron chi connectivity index (χ0n) is 12.4. The highest BCUT2D eigenvalue weighted by Crippen LogP contribution is 2.23. The van der Waals surface area contributed by atoms with Crippen LogP contribution in [0.15, 0.2) is 40.9 Å². The van der Waals surface area contributed by atoms with E-state index in [-0.39, 0.29) is 16.3 Å². The summed E-state index contributed by atoms with van der Waals surface area (Å²) in [6.45, 7) is -0.394. The number of ether oxygens (including phenoxy) is 2. The van der Waals surface area contributed by atoms with Gasteiger partial charge in [0.2, 0.25) is 0 Å². The van der Waals surface area contributed by atoms with Crippen LogP contribution in [0.4, 0.5) is 10.1 Å². The van der Waals surface area contributed by atoms with E-state index in [0.29, 0.717) is 10.2 Å². The van der Waals surface area contributed by atoms with Gasteiger partial charge in [-0.05, 0) is 36.4 Å². The van der Waals surface area contributed by atoms with Gasteiger partial charge in [-0.1, -0.05) is 27.5 Å². The molecule has 126 valence electrons. The zero-order valence-corrected chi connectivity index (χ0v) is 14.8. The summed E-state index contributed by atoms with van der Waals surface area (Å²) in [4.78, 5) is 23.4. The van der Waals surface area contributed by atoms with Crippen LogP contribution in [0.1, 0.15) is 10.4 Å². The number of hydrogen-bond donors (Lipinski definition) is 1. The first-order valence-corrected chi connectivity index (χ1v) is 7.83. The molecule has 0 atom stereocenters. The van der Waals surface area contributed by atoms with E-state index < -0.39 is 24.3 Å². The van der Waals surface area contributed by atoms with E-state index >= 15 is 0 Å². The van der Waals surface area contributed by atoms with Crippen molar-refractivity contribution in [3.05, 3.63) is 57.3 Å². The van der Waals surface area contributed by atoms with E-state index in [1.54, 1.807) is 6.07 Å². The molecule has 0 spiro atoms. The normalized spacial score (nSPS) is 10.2. The smallest absolute Gasteiger partial charge is 0.339 e. The average Bonchev–Trinajstić information content (AvgIpc) is 2.55. The lowest BCUT2D eigenvalue weighted by Gasteiger charge is -2.10. The second kappa shape index (κ2) is 8.12. The average molecular weight is 417 g/mol. The summed E-state index contributed by atoms with van der Waals surface area (Å²) in [7, 11) is 1.23. The van der Waals surface area contributed by atoms with Gasteiger partial charge in [0, 0.05) is 10.2 Å². The third-order valence-electron chi connectivity index (χ3n) is 2.91. The lowest BCUT2D eigenvalue weighted by Crippen LogP contribution is -2.20. The van der Waals surface area contributed by atoms with Gasteiger partial charge in [-0.25, -0.2) is 9.18 Å². The third kappa shape index (κ3) is 4.69. The molecule has 0 fully saturated rings. The van der Waals surface area contributed by atoms with Crippen LogP contribution in [0.25, 0.3) is 0 Å². The quantitative estimate of drug-likeness (QED) is 0.747. The Balaban J connectivity index is 2.01. The van der Waals surface area contributed by atoms with E-state index in [1.165, 1.54) is 37.4 Å². The maximum Gasteiger partial charge on any atom is 0.339 e. The standard InChI is InChI=1S/C16H12BrClFNO4/c1-23-16(22)11-7-10(3-4-12(11)18)20-15(21)8-24-14-5-2-9(17)6-13(14)19/h2-7H,8H2,1H3,(H,20,21). The molecule has 0 aliphatic carbocycles. The molecule has 0 heterocycles. The summed E-state index contributed by atoms with van der Waals surface area (Å²) >= 11 is 9.02. The van der Waals surface area contributed by atoms with Crippen LogP contribution in [0, 0.1) is 5.82 Å². The molecule has 0 radical (unpaired) electrons. The van der Waals surface area contributed by atoms with E-state index in [2.05, 4.69) is 26.0 Å². The fourth-order valence-corrected chi connectivity index (χ4v) is 2.33. The largest absolute Gasteiger partial charge is 0.481 e. The lowest BCUT2D eigenvalue weighted by molar-refractivity contribution is -0.118. The number of rotatable bonds is 5. The van der Waals surface area contributed by atoms with Crippen molar-refractivity contribution in [3.63, 3.8) is 0 Å². The van der Waals surface area contributed by atoms with Gasteiger partial charge < -0.3 is 14.8 Å². The second-order valence-electron chi connectivity index (χ2n) is 4.60. The lowest BCUT2D eigenvalue weighted by atomic mass is 10.2. The number of nitrogens with one attached hydrogen (secondary N) is 1. The first-order valence-electron chi connectivity index (χ1n) is 6.66. The molecule has 1 amide bonds. The molecule has 0 saturated carbocycles. The molecule has 8 heteroatoms. The van der Waals surface area contributed by atoms with Crippen molar-refractivity contribution in [2.24, 2.45) is 0 Å². The molecule has 5 nitrogen and oxygen atoms in total. The first-order chi connectivity index (χ1) is 11.4. The Morgan fingerprint density at radius 2 is 2.00 bits per heavy atom. The highest BCUT2D eigenvalue weighted by Gasteiger charge is 2.13. The summed E-state index contributed by atoms with van der Waals surface area (Å²) in [6, 6.07) is 8.59. The molecule has 2 rings (SSSR count). The van der Waals surface area contributed by atoms with Crippen molar-refractivity contribution in [2.45, 2.75) is 0 Å². The Kier molecular flexibility index (Phi) is 6.16. The van der Waals surface area contributed by atoms with Gasteiger partial charge >= 0.3 is 5.97 Å². The summed E-state index contributed by atoms with van der Waals surface area (Å²) < 4.78 is 23.9. The molecule has 0 bridgehead atoms. The maximum absolute atomic E-state index is 13.6. The molecule has 0 aliphatic rings. The van der Waals surface area contributed by atoms with Crippen molar-refractivity contribution in [2.75, 3.05) is 19.0 Å². The van der Waals surface area contributed by atoms with E-state index in [4.69, 9.17) is 16.3 Å². The number of esters is 1. The number of amides is 1. The minimum Gasteiger partial charge on any atom is -0.481 e. The van der Waals surface area contributed by atoms with Crippen molar-refractivity contribution in [1.82, 2.24) is 0 Å². The minimum atomic E-state index is -0.621. The predicted molar refractivity (Wildman–Crippen MR) is 91.0 cm³/mol. The summed E-state index contributed by atoms with van der Waals surface area (Å²) in [5, 5.41) is 2.73. The number of hydrogen-bond acceptors (Lipinski definition) is 4. The summed E-state index contributed by atoms with van der Waals surface area (Å²) in [6.07, 6.45) is 0. The van der Waals surface area contributed by atoms with Crippen LogP contribution in [0.3, 0.4) is 0 Å². The number of carbonyl (C=O) groups excluding carboxylic acids is 2. The van der Waals surface area contributed by atoms with Gasteiger partial charge in [0.1, 0.15) is 0 Å². The van der Waals surface area contributed by atoms with Crippen LogP contribution < -0.4 is 10.1 Å². The molecule has 0 aromatic heterocycles. The fraction of sp³-hybridized carbons (Fsp3) is 0.125. The van der Waals surface area contributed by atoms with Gasteiger partial charge in [0.05, 0.1) is 17.7 Å². The predicted octanol–water partition coefficient (Wildman–Crippen LogP) is 4.05. The Morgan fingerprint density at radius 3 is 2.67 bits per heavy atom. The van der Waals surface area contributed by atoms with Crippen molar-refractivity contribution in [1.29, 1.82) is 0 Å². The molecule has 0 saturated heterocycles. The number of carbonyl (C=O) groups is 2. The van der Waals surface area contributed by atoms with Crippen molar-refractivity contribution >= 4 is 45.1 Å². The second-order valence-corrected chi connectivity index (χ2v) is 5.92. The highest BCUT2D eigenvalue weighted by atomic mass is 79.9. The maximum atomic E-state index is 13.6. The molecule has 0 unspecified atom stereocenters. The summed E-state index contributed by atoms with van der Waals surface area (Å²) in [5.74, 6) is -1.77. The van der Waals surface area contributed by atoms with Crippen LogP contribution in [0.5, 0.6) is 5.75 Å². The Bertz CT molecular complexity index is 785. The van der Waals surface area contributed by atoms with E-state index in [1.807, 2.05) is 0 Å². The van der Waals surface area contributed by atoms with Gasteiger partial charge in [-0.3, -0.25) is 4.79 Å². The van der Waals surface area contributed by atoms with E-state index in [9.17, 15) is 14.0 Å². The Morgan fingerprint density at radius 1 is 1.25 bits per heavy atom. The first kappa shape index (κ1) is 18.2. The molecular formula is C16H12BrClFNO4. The highest BCUT2D eigenvalue weighted by molar-refractivity contribution is 9.10. The number of halogens is 3. The van der Waals surface area contributed by atoms with Crippen LogP contribution in [-0.4, -0.2) is 25.6 Å². The molecule has 0 aliphatic heterocycles. The number of anilines is 1. The van der Waals surface area contributed by atoms with Crippen LogP contribution in [0.2, 0.25) is 5.02 Å². The van der Waals surface area contributed by atoms with Gasteiger partial charge in [-0.15, -0.1) is 0 Å². The molecule has 1 N–H and O–H groups in total. The molecule has 2 aromatic carbocycles. The van der Waals surface area contributed by atoms with Crippen LogP contribution >= 0.6 is 27.5 Å². The Hall–Kier alpha value is -2.12. The number of benzene rings is 2. The van der Waals surface area contributed by atoms with Crippen LogP contribution in [-0.2, 0) is 9.53 Å². The fourth-order valence-electron chi connectivity index (χ4n) is 1.80. The van der Waals surface area contributed by atoms with Crippen molar-refractivity contribution < 1.29 is 23.5 Å².